The molecule has 0 saturated heterocycles. The lowest BCUT2D eigenvalue weighted by molar-refractivity contribution is 0.985. The number of hydrogen-bond acceptors (Lipinski definition) is 3. The Kier molecular flexibility index (Phi) is 2.68. The second kappa shape index (κ2) is 3.96. The zero-order chi connectivity index (χ0) is 9.97. The summed E-state index contributed by atoms with van der Waals surface area (Å²) in [7, 11) is 0. The Morgan fingerprint density at radius 3 is 2.79 bits per heavy atom. The van der Waals surface area contributed by atoms with E-state index in [1.807, 2.05) is 30.5 Å². The first-order chi connectivity index (χ1) is 6.75. The minimum absolute atomic E-state index is 0.524. The van der Waals surface area contributed by atoms with Crippen LogP contribution in [-0.4, -0.2) is 15.2 Å². The van der Waals surface area contributed by atoms with Crippen molar-refractivity contribution in [2.75, 3.05) is 0 Å². The van der Waals surface area contributed by atoms with Gasteiger partial charge in [0.2, 0.25) is 0 Å². The average molecular weight is 204 g/mol. The van der Waals surface area contributed by atoms with Crippen LogP contribution in [0.25, 0.3) is 10.9 Å². The monoisotopic (exact) mass is 204 g/mol. The van der Waals surface area contributed by atoms with Gasteiger partial charge in [-0.2, -0.15) is 0 Å². The first-order valence-corrected chi connectivity index (χ1v) is 5.52. The molecule has 0 fully saturated rings. The number of para-hydroxylation sites is 1. The minimum Gasteiger partial charge on any atom is -0.230 e. The molecule has 0 amide bonds. The summed E-state index contributed by atoms with van der Waals surface area (Å²) in [5, 5.41) is 2.48. The van der Waals surface area contributed by atoms with Crippen LogP contribution in [0.15, 0.2) is 35.6 Å². The van der Waals surface area contributed by atoms with Crippen molar-refractivity contribution in [1.82, 2.24) is 9.97 Å². The quantitative estimate of drug-likeness (QED) is 0.555. The van der Waals surface area contributed by atoms with Gasteiger partial charge in [-0.3, -0.25) is 0 Å². The summed E-state index contributed by atoms with van der Waals surface area (Å²) in [5.41, 5.74) is 1.02. The Morgan fingerprint density at radius 1 is 1.21 bits per heavy atom. The van der Waals surface area contributed by atoms with Crippen LogP contribution < -0.4 is 0 Å². The highest BCUT2D eigenvalue weighted by Crippen LogP contribution is 2.20. The maximum Gasteiger partial charge on any atom is 0.188 e. The normalized spacial score (nSPS) is 11.1. The molecule has 0 saturated carbocycles. The second-order valence-corrected chi connectivity index (χ2v) is 4.92. The predicted molar refractivity (Wildman–Crippen MR) is 60.5 cm³/mol. The molecule has 2 aromatic rings. The maximum absolute atomic E-state index is 4.47. The van der Waals surface area contributed by atoms with Crippen molar-refractivity contribution in [2.45, 2.75) is 24.3 Å². The van der Waals surface area contributed by atoms with Gasteiger partial charge >= 0.3 is 0 Å². The van der Waals surface area contributed by atoms with Gasteiger partial charge in [-0.1, -0.05) is 43.8 Å². The van der Waals surface area contributed by atoms with Crippen molar-refractivity contribution in [1.29, 1.82) is 0 Å². The Hall–Kier alpha value is -1.09. The van der Waals surface area contributed by atoms with Gasteiger partial charge in [0.25, 0.3) is 0 Å². The van der Waals surface area contributed by atoms with Crippen LogP contribution in [0.3, 0.4) is 0 Å². The molecule has 0 radical (unpaired) electrons. The molecule has 0 N–H and O–H groups in total. The molecule has 0 atom stereocenters. The fourth-order valence-corrected chi connectivity index (χ4v) is 1.91. The van der Waals surface area contributed by atoms with E-state index in [1.54, 1.807) is 11.8 Å². The molecule has 1 heterocycles. The molecular weight excluding hydrogens is 192 g/mol. The molecule has 72 valence electrons. The minimum atomic E-state index is 0.524. The zero-order valence-electron chi connectivity index (χ0n) is 8.27. The molecule has 1 aromatic carbocycles. The highest BCUT2D eigenvalue weighted by atomic mass is 32.2. The summed E-state index contributed by atoms with van der Waals surface area (Å²) >= 11 is 1.69. The molecule has 2 nitrogen and oxygen atoms in total. The smallest absolute Gasteiger partial charge is 0.188 e. The fraction of sp³-hybridized carbons (Fsp3) is 0.273. The molecule has 0 unspecified atom stereocenters. The molecule has 14 heavy (non-hydrogen) atoms. The number of benzene rings is 1. The first kappa shape index (κ1) is 9.46. The van der Waals surface area contributed by atoms with Gasteiger partial charge in [0.1, 0.15) is 0 Å². The Balaban J connectivity index is 2.41. The second-order valence-electron chi connectivity index (χ2n) is 3.38. The molecule has 0 aliphatic carbocycles. The van der Waals surface area contributed by atoms with E-state index in [0.29, 0.717) is 5.25 Å². The van der Waals surface area contributed by atoms with Crippen LogP contribution in [0.4, 0.5) is 0 Å². The van der Waals surface area contributed by atoms with Gasteiger partial charge in [-0.05, 0) is 6.07 Å². The lowest BCUT2D eigenvalue weighted by atomic mass is 10.2. The van der Waals surface area contributed by atoms with Gasteiger partial charge in [-0.25, -0.2) is 9.97 Å². The molecule has 2 rings (SSSR count). The van der Waals surface area contributed by atoms with E-state index >= 15 is 0 Å². The molecule has 0 spiro atoms. The average Bonchev–Trinajstić information content (AvgIpc) is 2.17. The largest absolute Gasteiger partial charge is 0.230 e. The molecule has 1 aromatic heterocycles. The number of thioether (sulfide) groups is 1. The zero-order valence-corrected chi connectivity index (χ0v) is 9.08. The molecule has 0 aliphatic heterocycles. The Bertz CT molecular complexity index is 440. The van der Waals surface area contributed by atoms with E-state index in [4.69, 9.17) is 0 Å². The summed E-state index contributed by atoms with van der Waals surface area (Å²) in [6.45, 7) is 4.28. The SMILES string of the molecule is CC(C)Sc1ncc2ccccc2n1. The van der Waals surface area contributed by atoms with E-state index in [1.165, 1.54) is 0 Å². The number of hydrogen-bond donors (Lipinski definition) is 0. The van der Waals surface area contributed by atoms with Crippen molar-refractivity contribution in [2.24, 2.45) is 0 Å². The van der Waals surface area contributed by atoms with Crippen LogP contribution in [0.1, 0.15) is 13.8 Å². The highest BCUT2D eigenvalue weighted by Gasteiger charge is 2.02. The van der Waals surface area contributed by atoms with Crippen LogP contribution in [-0.2, 0) is 0 Å². The van der Waals surface area contributed by atoms with Crippen LogP contribution in [0, 0.1) is 0 Å². The summed E-state index contributed by atoms with van der Waals surface area (Å²) in [4.78, 5) is 8.77. The molecular formula is C11H12N2S. The first-order valence-electron chi connectivity index (χ1n) is 4.64. The third kappa shape index (κ3) is 2.04. The number of fused-ring (bicyclic) bond motifs is 1. The molecule has 0 aliphatic rings. The van der Waals surface area contributed by atoms with Gasteiger partial charge in [0, 0.05) is 16.8 Å². The third-order valence-electron chi connectivity index (χ3n) is 1.81. The lowest BCUT2D eigenvalue weighted by Gasteiger charge is -2.03. The lowest BCUT2D eigenvalue weighted by Crippen LogP contribution is -1.92. The van der Waals surface area contributed by atoms with E-state index < -0.39 is 0 Å². The fourth-order valence-electron chi connectivity index (χ4n) is 1.22. The van der Waals surface area contributed by atoms with Gasteiger partial charge in [0.15, 0.2) is 5.16 Å². The summed E-state index contributed by atoms with van der Waals surface area (Å²) in [6.07, 6.45) is 1.88. The van der Waals surface area contributed by atoms with Crippen molar-refractivity contribution in [3.8, 4) is 0 Å². The Labute approximate surface area is 87.8 Å². The number of nitrogens with zero attached hydrogens (tertiary/aromatic N) is 2. The highest BCUT2D eigenvalue weighted by molar-refractivity contribution is 7.99. The van der Waals surface area contributed by atoms with Gasteiger partial charge in [-0.15, -0.1) is 0 Å². The predicted octanol–water partition coefficient (Wildman–Crippen LogP) is 3.13. The number of aromatic nitrogens is 2. The van der Waals surface area contributed by atoms with E-state index in [0.717, 1.165) is 16.1 Å². The molecule has 0 bridgehead atoms. The number of rotatable bonds is 2. The van der Waals surface area contributed by atoms with Gasteiger partial charge in [0.05, 0.1) is 5.52 Å². The topological polar surface area (TPSA) is 25.8 Å². The van der Waals surface area contributed by atoms with E-state index in [9.17, 15) is 0 Å². The summed E-state index contributed by atoms with van der Waals surface area (Å²) in [6, 6.07) is 8.04. The van der Waals surface area contributed by atoms with Crippen molar-refractivity contribution >= 4 is 22.7 Å². The van der Waals surface area contributed by atoms with Crippen molar-refractivity contribution in [3.63, 3.8) is 0 Å². The van der Waals surface area contributed by atoms with Crippen LogP contribution in [0.2, 0.25) is 0 Å². The van der Waals surface area contributed by atoms with Crippen molar-refractivity contribution in [3.05, 3.63) is 30.5 Å². The van der Waals surface area contributed by atoms with Crippen LogP contribution in [0.5, 0.6) is 0 Å². The standard InChI is InChI=1S/C11H12N2S/c1-8(2)14-11-12-7-9-5-3-4-6-10(9)13-11/h3-8H,1-2H3. The van der Waals surface area contributed by atoms with Gasteiger partial charge < -0.3 is 0 Å². The van der Waals surface area contributed by atoms with E-state index in [2.05, 4.69) is 23.8 Å². The van der Waals surface area contributed by atoms with Crippen LogP contribution >= 0.6 is 11.8 Å². The summed E-state index contributed by atoms with van der Waals surface area (Å²) in [5.74, 6) is 0. The summed E-state index contributed by atoms with van der Waals surface area (Å²) < 4.78 is 0. The molecule has 3 heteroatoms. The van der Waals surface area contributed by atoms with Crippen molar-refractivity contribution < 1.29 is 0 Å². The van der Waals surface area contributed by atoms with E-state index in [-0.39, 0.29) is 0 Å². The third-order valence-corrected chi connectivity index (χ3v) is 2.69. The maximum atomic E-state index is 4.47. The Morgan fingerprint density at radius 2 is 2.00 bits per heavy atom.